The molecule has 2 heterocycles. The van der Waals surface area contributed by atoms with Gasteiger partial charge in [-0.05, 0) is 62.6 Å². The Kier molecular flexibility index (Phi) is 3.30. The molecule has 5 aromatic carbocycles. The SMILES string of the molecule is c1ccc(-c2ccc3c(c2)[nH]c2cc4c5ccccc5c5ccccc5c4cc23)nc1. The first-order valence-corrected chi connectivity index (χ1v) is 10.6. The third-order valence-corrected chi connectivity index (χ3v) is 6.42. The van der Waals surface area contributed by atoms with Crippen molar-refractivity contribution in [2.24, 2.45) is 0 Å². The van der Waals surface area contributed by atoms with Crippen molar-refractivity contribution >= 4 is 54.1 Å². The standard InChI is InChI=1S/C29H18N2/c1-3-9-21-19(7-1)20-8-2-4-10-22(20)25-17-29-26(16-24(21)25)23-13-12-18(15-28(23)31-29)27-11-5-6-14-30-27/h1-17,31H. The molecule has 31 heavy (non-hydrogen) atoms. The zero-order valence-electron chi connectivity index (χ0n) is 16.8. The molecule has 0 spiro atoms. The van der Waals surface area contributed by atoms with Gasteiger partial charge in [-0.2, -0.15) is 0 Å². The molecule has 0 aliphatic heterocycles. The van der Waals surface area contributed by atoms with Crippen LogP contribution in [0.1, 0.15) is 0 Å². The Labute approximate surface area is 178 Å². The minimum Gasteiger partial charge on any atom is -0.354 e. The van der Waals surface area contributed by atoms with Crippen LogP contribution in [-0.2, 0) is 0 Å². The smallest absolute Gasteiger partial charge is 0.0702 e. The molecule has 1 N–H and O–H groups in total. The molecule has 0 saturated heterocycles. The summed E-state index contributed by atoms with van der Waals surface area (Å²) in [5, 5.41) is 10.3. The van der Waals surface area contributed by atoms with Crippen LogP contribution >= 0.6 is 0 Å². The largest absolute Gasteiger partial charge is 0.354 e. The van der Waals surface area contributed by atoms with Crippen molar-refractivity contribution in [1.29, 1.82) is 0 Å². The molecule has 144 valence electrons. The molecule has 7 aromatic rings. The van der Waals surface area contributed by atoms with Gasteiger partial charge in [-0.25, -0.2) is 0 Å². The maximum absolute atomic E-state index is 4.51. The van der Waals surface area contributed by atoms with E-state index in [1.54, 1.807) is 0 Å². The maximum Gasteiger partial charge on any atom is 0.0702 e. The van der Waals surface area contributed by atoms with Crippen molar-refractivity contribution in [3.05, 3.63) is 103 Å². The Morgan fingerprint density at radius 2 is 1.06 bits per heavy atom. The van der Waals surface area contributed by atoms with Gasteiger partial charge >= 0.3 is 0 Å². The summed E-state index contributed by atoms with van der Waals surface area (Å²) >= 11 is 0. The fourth-order valence-electron chi connectivity index (χ4n) is 5.00. The fraction of sp³-hybridized carbons (Fsp3) is 0. The monoisotopic (exact) mass is 394 g/mol. The predicted octanol–water partition coefficient (Wildman–Crippen LogP) is 7.84. The quantitative estimate of drug-likeness (QED) is 0.282. The average molecular weight is 394 g/mol. The lowest BCUT2D eigenvalue weighted by atomic mass is 9.93. The zero-order chi connectivity index (χ0) is 20.4. The van der Waals surface area contributed by atoms with Gasteiger partial charge in [0.25, 0.3) is 0 Å². The second-order valence-electron chi connectivity index (χ2n) is 8.13. The van der Waals surface area contributed by atoms with Crippen LogP contribution in [0.5, 0.6) is 0 Å². The number of H-pyrrole nitrogens is 1. The molecule has 0 aliphatic rings. The van der Waals surface area contributed by atoms with Gasteiger partial charge in [0.2, 0.25) is 0 Å². The number of rotatable bonds is 1. The molecule has 0 atom stereocenters. The van der Waals surface area contributed by atoms with E-state index in [1.165, 1.54) is 48.6 Å². The maximum atomic E-state index is 4.51. The molecule has 0 aliphatic carbocycles. The second kappa shape index (κ2) is 6.16. The van der Waals surface area contributed by atoms with E-state index in [1.807, 2.05) is 18.3 Å². The summed E-state index contributed by atoms with van der Waals surface area (Å²) in [4.78, 5) is 8.17. The molecule has 0 fully saturated rings. The van der Waals surface area contributed by atoms with Crippen LogP contribution in [-0.4, -0.2) is 9.97 Å². The molecular formula is C29H18N2. The number of nitrogens with zero attached hydrogens (tertiary/aromatic N) is 1. The van der Waals surface area contributed by atoms with E-state index < -0.39 is 0 Å². The van der Waals surface area contributed by atoms with Crippen LogP contribution in [0.2, 0.25) is 0 Å². The summed E-state index contributed by atoms with van der Waals surface area (Å²) in [5.74, 6) is 0. The summed E-state index contributed by atoms with van der Waals surface area (Å²) in [5.41, 5.74) is 4.42. The van der Waals surface area contributed by atoms with Crippen molar-refractivity contribution in [2.75, 3.05) is 0 Å². The molecule has 0 unspecified atom stereocenters. The minimum absolute atomic E-state index is 0.991. The van der Waals surface area contributed by atoms with Crippen LogP contribution < -0.4 is 0 Å². The third kappa shape index (κ3) is 2.36. The van der Waals surface area contributed by atoms with Gasteiger partial charge in [-0.15, -0.1) is 0 Å². The van der Waals surface area contributed by atoms with E-state index in [-0.39, 0.29) is 0 Å². The summed E-state index contributed by atoms with van der Waals surface area (Å²) in [6, 6.07) is 34.8. The van der Waals surface area contributed by atoms with Crippen molar-refractivity contribution in [1.82, 2.24) is 9.97 Å². The van der Waals surface area contributed by atoms with E-state index in [2.05, 4.69) is 94.9 Å². The number of aromatic amines is 1. The van der Waals surface area contributed by atoms with Crippen LogP contribution in [0, 0.1) is 0 Å². The Morgan fingerprint density at radius 1 is 0.452 bits per heavy atom. The van der Waals surface area contributed by atoms with E-state index in [9.17, 15) is 0 Å². The van der Waals surface area contributed by atoms with Crippen molar-refractivity contribution in [2.45, 2.75) is 0 Å². The highest BCUT2D eigenvalue weighted by molar-refractivity contribution is 6.28. The second-order valence-corrected chi connectivity index (χ2v) is 8.13. The summed E-state index contributed by atoms with van der Waals surface area (Å²) < 4.78 is 0. The molecule has 0 amide bonds. The van der Waals surface area contributed by atoms with Gasteiger partial charge in [-0.1, -0.05) is 66.7 Å². The van der Waals surface area contributed by atoms with Crippen LogP contribution in [0.25, 0.3) is 65.4 Å². The molecule has 0 radical (unpaired) electrons. The summed E-state index contributed by atoms with van der Waals surface area (Å²) in [6.45, 7) is 0. The van der Waals surface area contributed by atoms with Crippen LogP contribution in [0.15, 0.2) is 103 Å². The van der Waals surface area contributed by atoms with Gasteiger partial charge < -0.3 is 4.98 Å². The Hall–Kier alpha value is -4.17. The van der Waals surface area contributed by atoms with E-state index >= 15 is 0 Å². The topological polar surface area (TPSA) is 28.7 Å². The Balaban J connectivity index is 1.61. The number of hydrogen-bond donors (Lipinski definition) is 1. The van der Waals surface area contributed by atoms with Gasteiger partial charge in [0, 0.05) is 33.6 Å². The molecule has 0 bridgehead atoms. The van der Waals surface area contributed by atoms with E-state index in [0.29, 0.717) is 0 Å². The van der Waals surface area contributed by atoms with Crippen molar-refractivity contribution < 1.29 is 0 Å². The summed E-state index contributed by atoms with van der Waals surface area (Å²) in [6.07, 6.45) is 1.84. The molecule has 7 rings (SSSR count). The molecule has 2 aromatic heterocycles. The molecule has 2 nitrogen and oxygen atoms in total. The molecular weight excluding hydrogens is 376 g/mol. The van der Waals surface area contributed by atoms with Gasteiger partial charge in [0.15, 0.2) is 0 Å². The van der Waals surface area contributed by atoms with Crippen LogP contribution in [0.4, 0.5) is 0 Å². The number of fused-ring (bicyclic) bond motifs is 9. The fourth-order valence-corrected chi connectivity index (χ4v) is 5.00. The molecule has 0 saturated carbocycles. The number of hydrogen-bond acceptors (Lipinski definition) is 1. The number of aromatic nitrogens is 2. The lowest BCUT2D eigenvalue weighted by Crippen LogP contribution is -1.83. The lowest BCUT2D eigenvalue weighted by Gasteiger charge is -2.10. The zero-order valence-corrected chi connectivity index (χ0v) is 16.8. The van der Waals surface area contributed by atoms with Gasteiger partial charge in [-0.3, -0.25) is 4.98 Å². The first-order chi connectivity index (χ1) is 15.4. The van der Waals surface area contributed by atoms with Crippen molar-refractivity contribution in [3.8, 4) is 11.3 Å². The highest BCUT2D eigenvalue weighted by atomic mass is 14.7. The molecule has 2 heteroatoms. The number of benzene rings is 5. The lowest BCUT2D eigenvalue weighted by molar-refractivity contribution is 1.33. The van der Waals surface area contributed by atoms with Crippen molar-refractivity contribution in [3.63, 3.8) is 0 Å². The average Bonchev–Trinajstić information content (AvgIpc) is 3.20. The number of nitrogens with one attached hydrogen (secondary N) is 1. The highest BCUT2D eigenvalue weighted by Crippen LogP contribution is 2.39. The van der Waals surface area contributed by atoms with Gasteiger partial charge in [0.1, 0.15) is 0 Å². The van der Waals surface area contributed by atoms with E-state index in [0.717, 1.165) is 16.8 Å². The Bertz CT molecular complexity index is 1780. The van der Waals surface area contributed by atoms with Gasteiger partial charge in [0.05, 0.1) is 5.69 Å². The first-order valence-electron chi connectivity index (χ1n) is 10.6. The summed E-state index contributed by atoms with van der Waals surface area (Å²) in [7, 11) is 0. The van der Waals surface area contributed by atoms with E-state index in [4.69, 9.17) is 0 Å². The minimum atomic E-state index is 0.991. The number of pyridine rings is 1. The van der Waals surface area contributed by atoms with Crippen LogP contribution in [0.3, 0.4) is 0 Å². The Morgan fingerprint density at radius 3 is 1.74 bits per heavy atom. The third-order valence-electron chi connectivity index (χ3n) is 6.42. The normalized spacial score (nSPS) is 11.9. The predicted molar refractivity (Wildman–Crippen MR) is 132 cm³/mol. The highest BCUT2D eigenvalue weighted by Gasteiger charge is 2.12. The first kappa shape index (κ1) is 16.6.